The molecule has 1 aliphatic carbocycles. The van der Waals surface area contributed by atoms with Gasteiger partial charge in [-0.15, -0.1) is 0 Å². The highest BCUT2D eigenvalue weighted by Gasteiger charge is 2.33. The van der Waals surface area contributed by atoms with Crippen molar-refractivity contribution < 1.29 is 4.74 Å². The highest BCUT2D eigenvalue weighted by atomic mass is 79.9. The Labute approximate surface area is 127 Å². The largest absolute Gasteiger partial charge is 0.378 e. The van der Waals surface area contributed by atoms with Crippen LogP contribution in [0.25, 0.3) is 0 Å². The summed E-state index contributed by atoms with van der Waals surface area (Å²) in [5.74, 6) is 0.706. The van der Waals surface area contributed by atoms with Crippen molar-refractivity contribution in [3.8, 4) is 0 Å². The fourth-order valence-corrected chi connectivity index (χ4v) is 2.90. The van der Waals surface area contributed by atoms with Gasteiger partial charge < -0.3 is 4.74 Å². The molecule has 1 aliphatic rings. The predicted octanol–water partition coefficient (Wildman–Crippen LogP) is 4.98. The van der Waals surface area contributed by atoms with Gasteiger partial charge in [-0.25, -0.2) is 0 Å². The number of hydrogen-bond acceptors (Lipinski definition) is 1. The fraction of sp³-hybridized carbons (Fsp3) is 0.625. The molecule has 1 fully saturated rings. The van der Waals surface area contributed by atoms with Crippen molar-refractivity contribution in [2.45, 2.75) is 56.8 Å². The summed E-state index contributed by atoms with van der Waals surface area (Å²) in [7, 11) is -0.637. The molecule has 0 aliphatic heterocycles. The van der Waals surface area contributed by atoms with E-state index in [4.69, 9.17) is 4.74 Å². The van der Waals surface area contributed by atoms with E-state index in [-0.39, 0.29) is 0 Å². The van der Waals surface area contributed by atoms with Gasteiger partial charge in [-0.3, -0.25) is 0 Å². The van der Waals surface area contributed by atoms with Crippen LogP contribution in [0.3, 0.4) is 0 Å². The molecule has 0 atom stereocenters. The van der Waals surface area contributed by atoms with E-state index in [9.17, 15) is 0 Å². The van der Waals surface area contributed by atoms with Crippen LogP contribution in [0.15, 0.2) is 28.7 Å². The number of ether oxygens (including phenoxy) is 1. The van der Waals surface area contributed by atoms with Crippen LogP contribution in [0, 0.1) is 0 Å². The summed E-state index contributed by atoms with van der Waals surface area (Å²) in [4.78, 5) is 0. The Kier molecular flexibility index (Phi) is 4.91. The predicted molar refractivity (Wildman–Crippen MR) is 88.8 cm³/mol. The first-order valence-corrected chi connectivity index (χ1v) is 10.9. The van der Waals surface area contributed by atoms with Gasteiger partial charge in [0.05, 0.1) is 6.10 Å². The van der Waals surface area contributed by atoms with Gasteiger partial charge in [-0.1, -0.05) is 55.0 Å². The third-order valence-electron chi connectivity index (χ3n) is 4.69. The molecule has 0 unspecified atom stereocenters. The topological polar surface area (TPSA) is 9.23 Å². The second-order valence-electron chi connectivity index (χ2n) is 6.80. The van der Waals surface area contributed by atoms with Crippen LogP contribution in [-0.4, -0.2) is 21.5 Å². The van der Waals surface area contributed by atoms with Crippen molar-refractivity contribution in [1.82, 2.24) is 0 Å². The van der Waals surface area contributed by atoms with E-state index in [0.717, 1.165) is 11.1 Å². The average Bonchev–Trinajstić information content (AvgIpc) is 2.29. The molecule has 1 nitrogen and oxygen atoms in total. The summed E-state index contributed by atoms with van der Waals surface area (Å²) >= 11 is 3.49. The highest BCUT2D eigenvalue weighted by Crippen LogP contribution is 2.40. The Bertz CT molecular complexity index is 407. The van der Waals surface area contributed by atoms with Gasteiger partial charge >= 0.3 is 0 Å². The third kappa shape index (κ3) is 3.93. The molecule has 19 heavy (non-hydrogen) atoms. The molecule has 1 aromatic carbocycles. The molecule has 0 radical (unpaired) electrons. The summed E-state index contributed by atoms with van der Waals surface area (Å²) in [6, 6.07) is 8.74. The SMILES string of the molecule is C[SiH](C)C(C)(C)COC1CC(c2ccc(Br)cc2)C1. The third-order valence-corrected chi connectivity index (χ3v) is 8.51. The second kappa shape index (κ2) is 6.11. The first-order chi connectivity index (χ1) is 8.88. The molecule has 1 aromatic rings. The molecular formula is C16H25BrOSi. The molecule has 0 spiro atoms. The highest BCUT2D eigenvalue weighted by molar-refractivity contribution is 9.10. The van der Waals surface area contributed by atoms with Crippen molar-refractivity contribution in [3.63, 3.8) is 0 Å². The first kappa shape index (κ1) is 15.3. The van der Waals surface area contributed by atoms with Crippen molar-refractivity contribution in [2.24, 2.45) is 0 Å². The van der Waals surface area contributed by atoms with Crippen LogP contribution in [0.4, 0.5) is 0 Å². The number of halogens is 1. The lowest BCUT2D eigenvalue weighted by Crippen LogP contribution is -2.34. The van der Waals surface area contributed by atoms with E-state index in [0.29, 0.717) is 17.1 Å². The summed E-state index contributed by atoms with van der Waals surface area (Å²) in [6.45, 7) is 10.5. The standard InChI is InChI=1S/C16H25BrOSi/c1-16(2,19(3)4)11-18-15-9-13(10-15)12-5-7-14(17)8-6-12/h5-8,13,15,19H,9-11H2,1-4H3. The molecule has 2 rings (SSSR count). The van der Waals surface area contributed by atoms with Crippen molar-refractivity contribution >= 4 is 24.7 Å². The lowest BCUT2D eigenvalue weighted by molar-refractivity contribution is -0.0200. The number of hydrogen-bond donors (Lipinski definition) is 0. The van der Waals surface area contributed by atoms with Crippen LogP contribution in [0.5, 0.6) is 0 Å². The van der Waals surface area contributed by atoms with Gasteiger partial charge in [0.1, 0.15) is 0 Å². The molecule has 0 heterocycles. The molecule has 0 bridgehead atoms. The van der Waals surface area contributed by atoms with Crippen LogP contribution in [0.2, 0.25) is 18.1 Å². The number of benzene rings is 1. The van der Waals surface area contributed by atoms with E-state index in [2.05, 4.69) is 67.1 Å². The van der Waals surface area contributed by atoms with Crippen molar-refractivity contribution in [1.29, 1.82) is 0 Å². The van der Waals surface area contributed by atoms with Gasteiger partial charge in [0.25, 0.3) is 0 Å². The summed E-state index contributed by atoms with van der Waals surface area (Å²) in [5, 5.41) is 0.419. The minimum absolute atomic E-state index is 0.419. The summed E-state index contributed by atoms with van der Waals surface area (Å²) < 4.78 is 7.26. The van der Waals surface area contributed by atoms with Gasteiger partial charge in [-0.2, -0.15) is 0 Å². The Morgan fingerprint density at radius 2 is 1.79 bits per heavy atom. The minimum Gasteiger partial charge on any atom is -0.378 e. The quantitative estimate of drug-likeness (QED) is 0.687. The van der Waals surface area contributed by atoms with E-state index < -0.39 is 8.80 Å². The molecule has 0 amide bonds. The van der Waals surface area contributed by atoms with Crippen LogP contribution in [0.1, 0.15) is 38.2 Å². The second-order valence-corrected chi connectivity index (χ2v) is 11.6. The molecule has 0 aromatic heterocycles. The number of rotatable bonds is 5. The van der Waals surface area contributed by atoms with E-state index in [1.54, 1.807) is 0 Å². The van der Waals surface area contributed by atoms with Gasteiger partial charge in [0, 0.05) is 19.9 Å². The minimum atomic E-state index is -0.637. The monoisotopic (exact) mass is 340 g/mol. The van der Waals surface area contributed by atoms with E-state index >= 15 is 0 Å². The molecular weight excluding hydrogens is 316 g/mol. The average molecular weight is 341 g/mol. The van der Waals surface area contributed by atoms with Crippen molar-refractivity contribution in [2.75, 3.05) is 6.61 Å². The van der Waals surface area contributed by atoms with Crippen molar-refractivity contribution in [3.05, 3.63) is 34.3 Å². The zero-order valence-electron chi connectivity index (χ0n) is 12.4. The molecule has 0 saturated heterocycles. The Balaban J connectivity index is 1.76. The fourth-order valence-electron chi connectivity index (χ4n) is 2.21. The van der Waals surface area contributed by atoms with E-state index in [1.165, 1.54) is 18.4 Å². The van der Waals surface area contributed by atoms with Crippen LogP contribution in [-0.2, 0) is 4.74 Å². The van der Waals surface area contributed by atoms with Crippen LogP contribution >= 0.6 is 15.9 Å². The zero-order valence-corrected chi connectivity index (χ0v) is 15.2. The molecule has 106 valence electrons. The molecule has 1 saturated carbocycles. The van der Waals surface area contributed by atoms with Gasteiger partial charge in [-0.05, 0) is 41.5 Å². The molecule has 0 N–H and O–H groups in total. The lowest BCUT2D eigenvalue weighted by atomic mass is 9.77. The molecule has 3 heteroatoms. The van der Waals surface area contributed by atoms with Crippen LogP contribution < -0.4 is 0 Å². The Morgan fingerprint density at radius 3 is 2.32 bits per heavy atom. The van der Waals surface area contributed by atoms with Gasteiger partial charge in [0.15, 0.2) is 0 Å². The first-order valence-electron chi connectivity index (χ1n) is 7.25. The maximum absolute atomic E-state index is 6.10. The summed E-state index contributed by atoms with van der Waals surface area (Å²) in [5.41, 5.74) is 1.46. The van der Waals surface area contributed by atoms with Gasteiger partial charge in [0.2, 0.25) is 0 Å². The Hall–Kier alpha value is -0.123. The zero-order chi connectivity index (χ0) is 14.0. The Morgan fingerprint density at radius 1 is 1.21 bits per heavy atom. The normalized spacial score (nSPS) is 23.5. The summed E-state index contributed by atoms with van der Waals surface area (Å²) in [6.07, 6.45) is 2.87. The van der Waals surface area contributed by atoms with E-state index in [1.807, 2.05) is 0 Å². The smallest absolute Gasteiger partial charge is 0.0587 e. The lowest BCUT2D eigenvalue weighted by Gasteiger charge is -2.38. The maximum Gasteiger partial charge on any atom is 0.0587 e. The maximum atomic E-state index is 6.10.